The average Bonchev–Trinajstić information content (AvgIpc) is 2.15. The Labute approximate surface area is 74.9 Å². The van der Waals surface area contributed by atoms with E-state index in [1.54, 1.807) is 0 Å². The normalized spacial score (nSPS) is 28.0. The zero-order valence-corrected chi connectivity index (χ0v) is 6.97. The van der Waals surface area contributed by atoms with Crippen molar-refractivity contribution in [3.63, 3.8) is 0 Å². The second-order valence-corrected chi connectivity index (χ2v) is 2.67. The lowest BCUT2D eigenvalue weighted by Gasteiger charge is -2.25. The third-order valence-corrected chi connectivity index (χ3v) is 1.56. The fraction of sp³-hybridized carbons (Fsp3) is 0.714. The van der Waals surface area contributed by atoms with E-state index in [0.717, 1.165) is 0 Å². The Hall–Kier alpha value is -1.14. The molecule has 0 aromatic carbocycles. The topological polar surface area (TPSA) is 87.9 Å². The SMILES string of the molecule is NC(=O)OCC1COC(C=O)OC1. The van der Waals surface area contributed by atoms with Gasteiger partial charge in [-0.2, -0.15) is 0 Å². The van der Waals surface area contributed by atoms with E-state index in [0.29, 0.717) is 19.5 Å². The highest BCUT2D eigenvalue weighted by Crippen LogP contribution is 2.09. The molecule has 1 aliphatic heterocycles. The molecule has 6 nitrogen and oxygen atoms in total. The Morgan fingerprint density at radius 1 is 1.54 bits per heavy atom. The van der Waals surface area contributed by atoms with Crippen molar-refractivity contribution < 1.29 is 23.8 Å². The number of hydrogen-bond acceptors (Lipinski definition) is 5. The number of amides is 1. The molecule has 1 amide bonds. The third-order valence-electron chi connectivity index (χ3n) is 1.56. The quantitative estimate of drug-likeness (QED) is 0.591. The van der Waals surface area contributed by atoms with Crippen LogP contribution in [0, 0.1) is 5.92 Å². The average molecular weight is 189 g/mol. The smallest absolute Gasteiger partial charge is 0.404 e. The van der Waals surface area contributed by atoms with Crippen LogP contribution < -0.4 is 5.73 Å². The van der Waals surface area contributed by atoms with E-state index in [-0.39, 0.29) is 12.5 Å². The summed E-state index contributed by atoms with van der Waals surface area (Å²) in [4.78, 5) is 20.4. The second kappa shape index (κ2) is 4.78. The minimum absolute atomic E-state index is 0.0521. The van der Waals surface area contributed by atoms with Gasteiger partial charge in [0.1, 0.15) is 6.61 Å². The van der Waals surface area contributed by atoms with Crippen LogP contribution in [0.15, 0.2) is 0 Å². The van der Waals surface area contributed by atoms with Gasteiger partial charge in [0.25, 0.3) is 0 Å². The molecule has 0 aromatic rings. The summed E-state index contributed by atoms with van der Waals surface area (Å²) in [5, 5.41) is 0. The number of rotatable bonds is 3. The van der Waals surface area contributed by atoms with Crippen LogP contribution in [-0.4, -0.2) is 38.5 Å². The van der Waals surface area contributed by atoms with Crippen molar-refractivity contribution >= 4 is 12.4 Å². The Balaban J connectivity index is 2.17. The predicted molar refractivity (Wildman–Crippen MR) is 40.8 cm³/mol. The van der Waals surface area contributed by atoms with Gasteiger partial charge in [-0.1, -0.05) is 0 Å². The van der Waals surface area contributed by atoms with E-state index < -0.39 is 12.4 Å². The van der Waals surface area contributed by atoms with Crippen molar-refractivity contribution in [3.8, 4) is 0 Å². The van der Waals surface area contributed by atoms with Crippen molar-refractivity contribution in [2.75, 3.05) is 19.8 Å². The Kier molecular flexibility index (Phi) is 3.66. The minimum atomic E-state index is -0.822. The van der Waals surface area contributed by atoms with Crippen molar-refractivity contribution in [1.82, 2.24) is 0 Å². The number of ether oxygens (including phenoxy) is 3. The Bertz CT molecular complexity index is 187. The molecule has 0 atom stereocenters. The summed E-state index contributed by atoms with van der Waals surface area (Å²) in [7, 11) is 0. The summed E-state index contributed by atoms with van der Waals surface area (Å²) in [6, 6.07) is 0. The number of aldehydes is 1. The van der Waals surface area contributed by atoms with Gasteiger partial charge in [0, 0.05) is 5.92 Å². The van der Waals surface area contributed by atoms with Gasteiger partial charge >= 0.3 is 6.09 Å². The zero-order valence-electron chi connectivity index (χ0n) is 6.97. The van der Waals surface area contributed by atoms with Gasteiger partial charge in [0.2, 0.25) is 6.29 Å². The van der Waals surface area contributed by atoms with Gasteiger partial charge in [-0.3, -0.25) is 4.79 Å². The lowest BCUT2D eigenvalue weighted by atomic mass is 10.2. The molecule has 0 bridgehead atoms. The zero-order chi connectivity index (χ0) is 9.68. The first-order valence-corrected chi connectivity index (χ1v) is 3.83. The maximum atomic E-state index is 10.2. The fourth-order valence-corrected chi connectivity index (χ4v) is 0.933. The van der Waals surface area contributed by atoms with Crippen LogP contribution in [0.3, 0.4) is 0 Å². The molecule has 0 aromatic heterocycles. The highest BCUT2D eigenvalue weighted by Gasteiger charge is 2.22. The lowest BCUT2D eigenvalue weighted by Crippen LogP contribution is -2.36. The highest BCUT2D eigenvalue weighted by molar-refractivity contribution is 5.64. The number of carbonyl (C=O) groups excluding carboxylic acids is 2. The molecule has 13 heavy (non-hydrogen) atoms. The van der Waals surface area contributed by atoms with Crippen molar-refractivity contribution in [2.24, 2.45) is 11.7 Å². The van der Waals surface area contributed by atoms with E-state index >= 15 is 0 Å². The van der Waals surface area contributed by atoms with E-state index in [9.17, 15) is 9.59 Å². The minimum Gasteiger partial charge on any atom is -0.449 e. The van der Waals surface area contributed by atoms with E-state index in [1.807, 2.05) is 0 Å². The first-order valence-electron chi connectivity index (χ1n) is 3.83. The summed E-state index contributed by atoms with van der Waals surface area (Å²) >= 11 is 0. The molecule has 2 N–H and O–H groups in total. The van der Waals surface area contributed by atoms with Gasteiger partial charge < -0.3 is 19.9 Å². The fourth-order valence-electron chi connectivity index (χ4n) is 0.933. The molecule has 1 aliphatic rings. The van der Waals surface area contributed by atoms with Crippen LogP contribution in [-0.2, 0) is 19.0 Å². The molecular formula is C7H11NO5. The van der Waals surface area contributed by atoms with Crippen LogP contribution in [0.25, 0.3) is 0 Å². The Morgan fingerprint density at radius 3 is 2.62 bits per heavy atom. The largest absolute Gasteiger partial charge is 0.449 e. The summed E-state index contributed by atoms with van der Waals surface area (Å²) in [5.41, 5.74) is 4.76. The molecule has 74 valence electrons. The number of hydrogen-bond donors (Lipinski definition) is 1. The number of primary amides is 1. The monoisotopic (exact) mass is 189 g/mol. The van der Waals surface area contributed by atoms with Crippen LogP contribution in [0.5, 0.6) is 0 Å². The first-order chi connectivity index (χ1) is 6.22. The maximum Gasteiger partial charge on any atom is 0.404 e. The summed E-state index contributed by atoms with van der Waals surface area (Å²) in [6.45, 7) is 0.814. The van der Waals surface area contributed by atoms with Crippen LogP contribution in [0.2, 0.25) is 0 Å². The molecule has 1 heterocycles. The second-order valence-electron chi connectivity index (χ2n) is 2.67. The van der Waals surface area contributed by atoms with Gasteiger partial charge in [0.05, 0.1) is 13.2 Å². The maximum absolute atomic E-state index is 10.2. The van der Waals surface area contributed by atoms with Crippen LogP contribution >= 0.6 is 0 Å². The highest BCUT2D eigenvalue weighted by atomic mass is 16.7. The van der Waals surface area contributed by atoms with Crippen molar-refractivity contribution in [2.45, 2.75) is 6.29 Å². The van der Waals surface area contributed by atoms with Gasteiger partial charge in [-0.25, -0.2) is 4.79 Å². The number of nitrogens with two attached hydrogens (primary N) is 1. The summed E-state index contributed by atoms with van der Waals surface area (Å²) < 4.78 is 14.4. The molecular weight excluding hydrogens is 178 g/mol. The molecule has 6 heteroatoms. The molecule has 0 radical (unpaired) electrons. The van der Waals surface area contributed by atoms with Crippen molar-refractivity contribution in [1.29, 1.82) is 0 Å². The van der Waals surface area contributed by atoms with Crippen molar-refractivity contribution in [3.05, 3.63) is 0 Å². The number of carbonyl (C=O) groups is 2. The first kappa shape index (κ1) is 9.94. The lowest BCUT2D eigenvalue weighted by molar-refractivity contribution is -0.196. The summed E-state index contributed by atoms with van der Waals surface area (Å²) in [5.74, 6) is -0.0521. The molecule has 0 unspecified atom stereocenters. The Morgan fingerprint density at radius 2 is 2.15 bits per heavy atom. The van der Waals surface area contributed by atoms with Gasteiger partial charge in [-0.15, -0.1) is 0 Å². The molecule has 1 saturated heterocycles. The third kappa shape index (κ3) is 3.39. The van der Waals surface area contributed by atoms with Gasteiger partial charge in [0.15, 0.2) is 6.29 Å². The van der Waals surface area contributed by atoms with Gasteiger partial charge in [-0.05, 0) is 0 Å². The van der Waals surface area contributed by atoms with E-state index in [4.69, 9.17) is 15.2 Å². The molecule has 0 aliphatic carbocycles. The molecule has 0 saturated carbocycles. The molecule has 1 rings (SSSR count). The van der Waals surface area contributed by atoms with Crippen LogP contribution in [0.4, 0.5) is 4.79 Å². The summed E-state index contributed by atoms with van der Waals surface area (Å²) in [6.07, 6.45) is -1.03. The predicted octanol–water partition coefficient (Wildman–Crippen LogP) is -0.730. The van der Waals surface area contributed by atoms with Crippen LogP contribution in [0.1, 0.15) is 0 Å². The standard InChI is InChI=1S/C7H11NO5/c8-7(10)13-4-5-2-11-6(1-9)12-3-5/h1,5-6H,2-4H2,(H2,8,10). The van der Waals surface area contributed by atoms with E-state index in [2.05, 4.69) is 4.74 Å². The molecule has 0 spiro atoms. The van der Waals surface area contributed by atoms with E-state index in [1.165, 1.54) is 0 Å². The molecule has 1 fully saturated rings.